The van der Waals surface area contributed by atoms with Gasteiger partial charge in [0.2, 0.25) is 0 Å². The molecule has 0 bridgehead atoms. The van der Waals surface area contributed by atoms with E-state index in [4.69, 9.17) is 11.2 Å². The van der Waals surface area contributed by atoms with Crippen molar-refractivity contribution >= 4 is 24.5 Å². The van der Waals surface area contributed by atoms with Gasteiger partial charge in [-0.3, -0.25) is 0 Å². The number of hydrogen-bond acceptors (Lipinski definition) is 1. The predicted molar refractivity (Wildman–Crippen MR) is 85.6 cm³/mol. The Morgan fingerprint density at radius 3 is 2.26 bits per heavy atom. The summed E-state index contributed by atoms with van der Waals surface area (Å²) in [5.41, 5.74) is 0.427. The van der Waals surface area contributed by atoms with Crippen LogP contribution in [0.4, 0.5) is 13.2 Å². The van der Waals surface area contributed by atoms with Crippen LogP contribution in [0.3, 0.4) is 0 Å². The molecule has 0 N–H and O–H groups in total. The van der Waals surface area contributed by atoms with E-state index in [0.29, 0.717) is 0 Å². The monoisotopic (exact) mass is 434 g/mol. The van der Waals surface area contributed by atoms with Crippen molar-refractivity contribution in [3.63, 3.8) is 0 Å². The maximum absolute atomic E-state index is 12.6. The second-order valence-corrected chi connectivity index (χ2v) is 7.87. The molecular formula is C18H15F3OTe. The molecule has 0 fully saturated rings. The van der Waals surface area contributed by atoms with E-state index in [1.807, 2.05) is 30.3 Å². The number of halogens is 3. The summed E-state index contributed by atoms with van der Waals surface area (Å²) in [5, 5.41) is 0. The van der Waals surface area contributed by atoms with Gasteiger partial charge in [-0.2, -0.15) is 0 Å². The van der Waals surface area contributed by atoms with Crippen molar-refractivity contribution in [2.45, 2.75) is 16.7 Å². The molecule has 0 saturated carbocycles. The van der Waals surface area contributed by atoms with E-state index in [2.05, 4.69) is 5.92 Å². The summed E-state index contributed by atoms with van der Waals surface area (Å²) in [6, 6.07) is 15.1. The Hall–Kier alpha value is -1.46. The van der Waals surface area contributed by atoms with Crippen molar-refractivity contribution in [1.29, 1.82) is 0 Å². The molecule has 0 aliphatic rings. The zero-order valence-electron chi connectivity index (χ0n) is 12.2. The standard InChI is InChI=1S/C18H15F3OTe/c1-2-12-22-17(14-6-4-3-5-7-14)13-23-16-10-8-15(9-11-16)18(19,20)21/h1,3-11,17H,12-13H2. The Balaban J connectivity index is 2.02. The first-order chi connectivity index (χ1) is 11.0. The van der Waals surface area contributed by atoms with Gasteiger partial charge in [0, 0.05) is 0 Å². The van der Waals surface area contributed by atoms with E-state index >= 15 is 0 Å². The van der Waals surface area contributed by atoms with E-state index in [1.165, 1.54) is 0 Å². The van der Waals surface area contributed by atoms with Gasteiger partial charge in [0.25, 0.3) is 0 Å². The van der Waals surface area contributed by atoms with Crippen LogP contribution in [0.25, 0.3) is 0 Å². The van der Waals surface area contributed by atoms with Crippen molar-refractivity contribution in [2.24, 2.45) is 0 Å². The van der Waals surface area contributed by atoms with E-state index < -0.39 is 32.7 Å². The number of ether oxygens (including phenoxy) is 1. The molecule has 2 aromatic rings. The van der Waals surface area contributed by atoms with Gasteiger partial charge in [-0.25, -0.2) is 0 Å². The third-order valence-electron chi connectivity index (χ3n) is 3.12. The van der Waals surface area contributed by atoms with Gasteiger partial charge in [0.05, 0.1) is 0 Å². The van der Waals surface area contributed by atoms with Gasteiger partial charge in [-0.05, 0) is 0 Å². The Bertz CT molecular complexity index is 645. The predicted octanol–water partition coefficient (Wildman–Crippen LogP) is 3.84. The number of terminal acetylenes is 1. The molecule has 0 aliphatic carbocycles. The summed E-state index contributed by atoms with van der Waals surface area (Å²) in [4.78, 5) is 0. The van der Waals surface area contributed by atoms with Crippen molar-refractivity contribution in [2.75, 3.05) is 6.61 Å². The molecule has 0 aliphatic heterocycles. The van der Waals surface area contributed by atoms with Crippen LogP contribution in [0.1, 0.15) is 17.2 Å². The van der Waals surface area contributed by atoms with Gasteiger partial charge in [-0.15, -0.1) is 0 Å². The SMILES string of the molecule is C#CCOC(C[Te]c1ccc(C(F)(F)F)cc1)c1ccccc1. The fourth-order valence-corrected chi connectivity index (χ4v) is 4.71. The van der Waals surface area contributed by atoms with Crippen molar-refractivity contribution in [1.82, 2.24) is 0 Å². The van der Waals surface area contributed by atoms with Crippen LogP contribution in [0.2, 0.25) is 4.47 Å². The van der Waals surface area contributed by atoms with Crippen molar-refractivity contribution < 1.29 is 17.9 Å². The minimum absolute atomic E-state index is 0.114. The molecule has 0 aromatic heterocycles. The van der Waals surface area contributed by atoms with Crippen LogP contribution in [-0.2, 0) is 10.9 Å². The van der Waals surface area contributed by atoms with Gasteiger partial charge < -0.3 is 0 Å². The molecule has 2 aromatic carbocycles. The molecular weight excluding hydrogens is 417 g/mol. The van der Waals surface area contributed by atoms with Crippen LogP contribution in [0.15, 0.2) is 54.6 Å². The second kappa shape index (κ2) is 8.41. The molecule has 0 saturated heterocycles. The molecule has 5 heteroatoms. The minimum atomic E-state index is -4.29. The van der Waals surface area contributed by atoms with Gasteiger partial charge in [-0.1, -0.05) is 0 Å². The maximum atomic E-state index is 12.6. The summed E-state index contributed by atoms with van der Waals surface area (Å²) in [5.74, 6) is 2.46. The quantitative estimate of drug-likeness (QED) is 0.499. The van der Waals surface area contributed by atoms with Crippen LogP contribution < -0.4 is 3.61 Å². The molecule has 1 nitrogen and oxygen atoms in total. The molecule has 0 amide bonds. The Morgan fingerprint density at radius 2 is 1.70 bits per heavy atom. The Morgan fingerprint density at radius 1 is 1.04 bits per heavy atom. The zero-order chi connectivity index (χ0) is 16.7. The van der Waals surface area contributed by atoms with E-state index in [9.17, 15) is 13.2 Å². The first kappa shape index (κ1) is 17.9. The fraction of sp³-hybridized carbons (Fsp3) is 0.222. The van der Waals surface area contributed by atoms with Gasteiger partial charge >= 0.3 is 144 Å². The Labute approximate surface area is 143 Å². The number of hydrogen-bond donors (Lipinski definition) is 0. The molecule has 0 radical (unpaired) electrons. The molecule has 0 spiro atoms. The average Bonchev–Trinajstić information content (AvgIpc) is 2.55. The molecule has 1 unspecified atom stereocenters. The first-order valence-corrected chi connectivity index (χ1v) is 9.72. The van der Waals surface area contributed by atoms with Crippen LogP contribution in [0.5, 0.6) is 0 Å². The summed E-state index contributed by atoms with van der Waals surface area (Å²) in [6.45, 7) is 0.222. The third-order valence-corrected chi connectivity index (χ3v) is 6.19. The van der Waals surface area contributed by atoms with Gasteiger partial charge in [0.1, 0.15) is 0 Å². The summed E-state index contributed by atoms with van der Waals surface area (Å²) in [6.07, 6.45) is 0.845. The summed E-state index contributed by atoms with van der Waals surface area (Å²) in [7, 11) is 0. The molecule has 1 atom stereocenters. The third kappa shape index (κ3) is 5.59. The van der Waals surface area contributed by atoms with Crippen LogP contribution in [-0.4, -0.2) is 27.5 Å². The molecule has 23 heavy (non-hydrogen) atoms. The van der Waals surface area contributed by atoms with Crippen molar-refractivity contribution in [3.8, 4) is 12.3 Å². The Kier molecular flexibility index (Phi) is 6.54. The number of alkyl halides is 3. The summed E-state index contributed by atoms with van der Waals surface area (Å²) >= 11 is -0.664. The van der Waals surface area contributed by atoms with Crippen LogP contribution in [0, 0.1) is 12.3 Å². The fourth-order valence-electron chi connectivity index (χ4n) is 1.97. The second-order valence-electron chi connectivity index (χ2n) is 4.75. The zero-order valence-corrected chi connectivity index (χ0v) is 14.5. The molecule has 2 rings (SSSR count). The van der Waals surface area contributed by atoms with E-state index in [0.717, 1.165) is 25.8 Å². The first-order valence-electron chi connectivity index (χ1n) is 6.91. The van der Waals surface area contributed by atoms with Crippen LogP contribution >= 0.6 is 0 Å². The summed E-state index contributed by atoms with van der Waals surface area (Å²) < 4.78 is 45.1. The average molecular weight is 432 g/mol. The number of benzene rings is 2. The van der Waals surface area contributed by atoms with Crippen molar-refractivity contribution in [3.05, 3.63) is 65.7 Å². The van der Waals surface area contributed by atoms with E-state index in [1.54, 1.807) is 12.1 Å². The normalized spacial score (nSPS) is 12.6. The number of rotatable bonds is 6. The topological polar surface area (TPSA) is 9.23 Å². The van der Waals surface area contributed by atoms with Gasteiger partial charge in [0.15, 0.2) is 0 Å². The molecule has 120 valence electrons. The molecule has 0 heterocycles. The van der Waals surface area contributed by atoms with E-state index in [-0.39, 0.29) is 12.7 Å².